The monoisotopic (exact) mass is 317 g/mol. The first kappa shape index (κ1) is 15.2. The van der Waals surface area contributed by atoms with E-state index >= 15 is 0 Å². The van der Waals surface area contributed by atoms with Crippen molar-refractivity contribution in [3.05, 3.63) is 42.2 Å². The molecule has 0 radical (unpaired) electrons. The SMILES string of the molecule is CCC[C@H]1NC(=O)N(Cc2ncc(-c3ccc(F)cc3)o2)C1=O. The highest BCUT2D eigenvalue weighted by Gasteiger charge is 2.37. The van der Waals surface area contributed by atoms with Crippen LogP contribution in [0.15, 0.2) is 34.9 Å². The van der Waals surface area contributed by atoms with Crippen molar-refractivity contribution in [3.63, 3.8) is 0 Å². The van der Waals surface area contributed by atoms with Crippen LogP contribution < -0.4 is 5.32 Å². The number of nitrogens with one attached hydrogen (secondary N) is 1. The molecule has 1 aromatic heterocycles. The van der Waals surface area contributed by atoms with Crippen LogP contribution in [-0.2, 0) is 11.3 Å². The molecule has 1 atom stereocenters. The van der Waals surface area contributed by atoms with Gasteiger partial charge >= 0.3 is 6.03 Å². The van der Waals surface area contributed by atoms with Crippen LogP contribution in [0.3, 0.4) is 0 Å². The van der Waals surface area contributed by atoms with Crippen molar-refractivity contribution >= 4 is 11.9 Å². The minimum atomic E-state index is -0.473. The lowest BCUT2D eigenvalue weighted by Gasteiger charge is -2.10. The van der Waals surface area contributed by atoms with Crippen molar-refractivity contribution in [1.82, 2.24) is 15.2 Å². The van der Waals surface area contributed by atoms with Gasteiger partial charge in [-0.05, 0) is 30.7 Å². The lowest BCUT2D eigenvalue weighted by atomic mass is 10.2. The summed E-state index contributed by atoms with van der Waals surface area (Å²) in [6, 6.07) is 4.89. The Morgan fingerprint density at radius 1 is 1.30 bits per heavy atom. The topological polar surface area (TPSA) is 75.4 Å². The highest BCUT2D eigenvalue weighted by atomic mass is 19.1. The number of aromatic nitrogens is 1. The first-order chi connectivity index (χ1) is 11.1. The third-order valence-electron chi connectivity index (χ3n) is 3.66. The second-order valence-corrected chi connectivity index (χ2v) is 5.34. The van der Waals surface area contributed by atoms with Crippen LogP contribution in [0, 0.1) is 5.82 Å². The summed E-state index contributed by atoms with van der Waals surface area (Å²) in [6.45, 7) is 1.93. The number of rotatable bonds is 5. The molecule has 0 bridgehead atoms. The molecular weight excluding hydrogens is 301 g/mol. The Kier molecular flexibility index (Phi) is 4.10. The molecule has 6 nitrogen and oxygen atoms in total. The predicted molar refractivity (Wildman–Crippen MR) is 79.7 cm³/mol. The molecule has 1 fully saturated rings. The van der Waals surface area contributed by atoms with Crippen LogP contribution in [0.25, 0.3) is 11.3 Å². The third-order valence-corrected chi connectivity index (χ3v) is 3.66. The molecular formula is C16H16FN3O3. The van der Waals surface area contributed by atoms with Gasteiger partial charge in [-0.3, -0.25) is 9.69 Å². The van der Waals surface area contributed by atoms with Gasteiger partial charge in [0.05, 0.1) is 6.20 Å². The van der Waals surface area contributed by atoms with Gasteiger partial charge in [-0.25, -0.2) is 14.2 Å². The van der Waals surface area contributed by atoms with Gasteiger partial charge in [0.1, 0.15) is 18.4 Å². The number of oxazole rings is 1. The summed E-state index contributed by atoms with van der Waals surface area (Å²) in [5.41, 5.74) is 0.672. The molecule has 2 aromatic rings. The van der Waals surface area contributed by atoms with E-state index in [2.05, 4.69) is 10.3 Å². The molecule has 3 amide bonds. The maximum absolute atomic E-state index is 12.9. The van der Waals surface area contributed by atoms with E-state index in [1.807, 2.05) is 6.92 Å². The molecule has 1 N–H and O–H groups in total. The van der Waals surface area contributed by atoms with E-state index in [9.17, 15) is 14.0 Å². The van der Waals surface area contributed by atoms with E-state index in [1.165, 1.54) is 18.3 Å². The molecule has 0 spiro atoms. The normalized spacial score (nSPS) is 17.7. The van der Waals surface area contributed by atoms with E-state index in [-0.39, 0.29) is 24.2 Å². The first-order valence-corrected chi connectivity index (χ1v) is 7.41. The number of hydrogen-bond donors (Lipinski definition) is 1. The Morgan fingerprint density at radius 2 is 2.04 bits per heavy atom. The van der Waals surface area contributed by atoms with Crippen LogP contribution in [0.1, 0.15) is 25.7 Å². The number of hydrogen-bond acceptors (Lipinski definition) is 4. The molecule has 1 aliphatic heterocycles. The highest BCUT2D eigenvalue weighted by molar-refractivity contribution is 6.04. The summed E-state index contributed by atoms with van der Waals surface area (Å²) in [7, 11) is 0. The van der Waals surface area contributed by atoms with E-state index in [1.54, 1.807) is 12.1 Å². The van der Waals surface area contributed by atoms with Gasteiger partial charge in [0, 0.05) is 5.56 Å². The number of halogens is 1. The van der Waals surface area contributed by atoms with E-state index in [0.29, 0.717) is 17.7 Å². The molecule has 120 valence electrons. The predicted octanol–water partition coefficient (Wildman–Crippen LogP) is 2.70. The lowest BCUT2D eigenvalue weighted by Crippen LogP contribution is -2.31. The van der Waals surface area contributed by atoms with Crippen molar-refractivity contribution < 1.29 is 18.4 Å². The van der Waals surface area contributed by atoms with Gasteiger partial charge in [0.25, 0.3) is 5.91 Å². The minimum absolute atomic E-state index is 0.0218. The van der Waals surface area contributed by atoms with Crippen LogP contribution in [-0.4, -0.2) is 27.9 Å². The molecule has 3 rings (SSSR count). The van der Waals surface area contributed by atoms with Gasteiger partial charge in [-0.1, -0.05) is 13.3 Å². The maximum Gasteiger partial charge on any atom is 0.325 e. The molecule has 1 aliphatic rings. The summed E-state index contributed by atoms with van der Waals surface area (Å²) in [5.74, 6) is 0.107. The number of benzene rings is 1. The molecule has 0 unspecified atom stereocenters. The smallest absolute Gasteiger partial charge is 0.325 e. The van der Waals surface area contributed by atoms with Gasteiger partial charge < -0.3 is 9.73 Å². The number of carbonyl (C=O) groups excluding carboxylic acids is 2. The number of amides is 3. The van der Waals surface area contributed by atoms with Gasteiger partial charge in [0.15, 0.2) is 5.76 Å². The largest absolute Gasteiger partial charge is 0.439 e. The van der Waals surface area contributed by atoms with Crippen molar-refractivity contribution in [2.24, 2.45) is 0 Å². The van der Waals surface area contributed by atoms with E-state index in [0.717, 1.165) is 11.3 Å². The molecule has 23 heavy (non-hydrogen) atoms. The fourth-order valence-electron chi connectivity index (χ4n) is 2.48. The van der Waals surface area contributed by atoms with Crippen molar-refractivity contribution in [2.75, 3.05) is 0 Å². The lowest BCUT2D eigenvalue weighted by molar-refractivity contribution is -0.128. The third kappa shape index (κ3) is 3.08. The zero-order valence-electron chi connectivity index (χ0n) is 12.6. The summed E-state index contributed by atoms with van der Waals surface area (Å²) in [5, 5.41) is 2.65. The van der Waals surface area contributed by atoms with Crippen molar-refractivity contribution in [2.45, 2.75) is 32.4 Å². The second kappa shape index (κ2) is 6.20. The van der Waals surface area contributed by atoms with Crippen LogP contribution in [0.4, 0.5) is 9.18 Å². The van der Waals surface area contributed by atoms with Crippen LogP contribution >= 0.6 is 0 Å². The number of urea groups is 1. The van der Waals surface area contributed by atoms with Gasteiger partial charge in [-0.15, -0.1) is 0 Å². The maximum atomic E-state index is 12.9. The second-order valence-electron chi connectivity index (χ2n) is 5.34. The Bertz CT molecular complexity index is 726. The quantitative estimate of drug-likeness (QED) is 0.860. The average Bonchev–Trinajstić information content (AvgIpc) is 3.10. The fourth-order valence-corrected chi connectivity index (χ4v) is 2.48. The first-order valence-electron chi connectivity index (χ1n) is 7.41. The van der Waals surface area contributed by atoms with Crippen molar-refractivity contribution in [1.29, 1.82) is 0 Å². The number of carbonyl (C=O) groups is 2. The van der Waals surface area contributed by atoms with Crippen molar-refractivity contribution in [3.8, 4) is 11.3 Å². The Balaban J connectivity index is 1.73. The summed E-state index contributed by atoms with van der Waals surface area (Å²) in [6.07, 6.45) is 2.90. The molecule has 0 saturated carbocycles. The molecule has 2 heterocycles. The summed E-state index contributed by atoms with van der Waals surface area (Å²) < 4.78 is 18.5. The van der Waals surface area contributed by atoms with E-state index < -0.39 is 12.1 Å². The minimum Gasteiger partial charge on any atom is -0.439 e. The summed E-state index contributed by atoms with van der Waals surface area (Å²) in [4.78, 5) is 29.2. The Hall–Kier alpha value is -2.70. The van der Waals surface area contributed by atoms with Crippen LogP contribution in [0.2, 0.25) is 0 Å². The zero-order valence-corrected chi connectivity index (χ0v) is 12.6. The standard InChI is InChI=1S/C16H16FN3O3/c1-2-3-12-15(21)20(16(22)19-12)9-14-18-8-13(23-14)10-4-6-11(17)7-5-10/h4-8,12H,2-3,9H2,1H3,(H,19,22)/t12-/m1/s1. The van der Waals surface area contributed by atoms with E-state index in [4.69, 9.17) is 4.42 Å². The Morgan fingerprint density at radius 3 is 2.74 bits per heavy atom. The average molecular weight is 317 g/mol. The molecule has 1 saturated heterocycles. The highest BCUT2D eigenvalue weighted by Crippen LogP contribution is 2.22. The zero-order chi connectivity index (χ0) is 16.4. The van der Waals surface area contributed by atoms with Gasteiger partial charge in [0.2, 0.25) is 5.89 Å². The van der Waals surface area contributed by atoms with Gasteiger partial charge in [-0.2, -0.15) is 0 Å². The number of nitrogens with zero attached hydrogens (tertiary/aromatic N) is 2. The van der Waals surface area contributed by atoms with Crippen LogP contribution in [0.5, 0.6) is 0 Å². The molecule has 0 aliphatic carbocycles. The fraction of sp³-hybridized carbons (Fsp3) is 0.312. The molecule has 7 heteroatoms. The summed E-state index contributed by atoms with van der Waals surface area (Å²) >= 11 is 0. The number of imide groups is 1. The Labute approximate surface area is 132 Å². The molecule has 1 aromatic carbocycles.